The summed E-state index contributed by atoms with van der Waals surface area (Å²) in [7, 11) is 0. The summed E-state index contributed by atoms with van der Waals surface area (Å²) < 4.78 is 0. The average molecular weight is 260 g/mol. The Morgan fingerprint density at radius 3 is 2.71 bits per heavy atom. The zero-order valence-corrected chi connectivity index (χ0v) is 10.3. The highest BCUT2D eigenvalue weighted by atomic mass is 79.9. The molecule has 1 aliphatic heterocycles. The van der Waals surface area contributed by atoms with Gasteiger partial charge in [-0.05, 0) is 31.1 Å². The quantitative estimate of drug-likeness (QED) is 0.698. The molecule has 1 amide bonds. The molecule has 2 nitrogen and oxygen atoms in total. The number of piperidine rings is 1. The van der Waals surface area contributed by atoms with Gasteiger partial charge in [0.1, 0.15) is 0 Å². The minimum Gasteiger partial charge on any atom is -0.342 e. The van der Waals surface area contributed by atoms with Crippen LogP contribution in [0.2, 0.25) is 0 Å². The number of hydrogen-bond acceptors (Lipinski definition) is 1. The second-order valence-electron chi connectivity index (χ2n) is 4.77. The molecule has 2 fully saturated rings. The third kappa shape index (κ3) is 2.50. The fourth-order valence-electron chi connectivity index (χ4n) is 1.95. The van der Waals surface area contributed by atoms with E-state index < -0.39 is 0 Å². The molecule has 1 aliphatic carbocycles. The molecular formula is C11H18BrNO. The Bertz CT molecular complexity index is 227. The zero-order chi connectivity index (χ0) is 10.1. The Kier molecular flexibility index (Phi) is 3.15. The highest BCUT2D eigenvalue weighted by Gasteiger charge is 2.30. The number of carbonyl (C=O) groups excluding carboxylic acids is 1. The Balaban J connectivity index is 1.82. The number of alkyl halides is 1. The van der Waals surface area contributed by atoms with Crippen molar-refractivity contribution in [3.63, 3.8) is 0 Å². The lowest BCUT2D eigenvalue weighted by molar-refractivity contribution is -0.132. The van der Waals surface area contributed by atoms with Gasteiger partial charge in [0.15, 0.2) is 0 Å². The predicted molar refractivity (Wildman–Crippen MR) is 60.4 cm³/mol. The molecule has 1 saturated carbocycles. The monoisotopic (exact) mass is 259 g/mol. The number of nitrogens with zero attached hydrogens (tertiary/aromatic N) is 1. The van der Waals surface area contributed by atoms with Gasteiger partial charge in [-0.25, -0.2) is 0 Å². The standard InChI is InChI=1S/C11H18BrNO/c1-8-4-5-13(7-10(8)12)11(14)6-9-2-3-9/h8-10H,2-7H2,1H3. The lowest BCUT2D eigenvalue weighted by Gasteiger charge is -2.34. The van der Waals surface area contributed by atoms with Crippen LogP contribution in [-0.4, -0.2) is 28.7 Å². The van der Waals surface area contributed by atoms with Crippen molar-refractivity contribution in [2.24, 2.45) is 11.8 Å². The van der Waals surface area contributed by atoms with Crippen LogP contribution in [0.25, 0.3) is 0 Å². The van der Waals surface area contributed by atoms with Crippen LogP contribution >= 0.6 is 15.9 Å². The molecule has 0 aromatic heterocycles. The third-order valence-electron chi connectivity index (χ3n) is 3.38. The number of likely N-dealkylation sites (tertiary alicyclic amines) is 1. The maximum absolute atomic E-state index is 11.8. The Labute approximate surface area is 94.2 Å². The molecular weight excluding hydrogens is 242 g/mol. The van der Waals surface area contributed by atoms with Gasteiger partial charge in [-0.2, -0.15) is 0 Å². The minimum atomic E-state index is 0.379. The maximum atomic E-state index is 11.8. The Morgan fingerprint density at radius 2 is 2.14 bits per heavy atom. The van der Waals surface area contributed by atoms with Gasteiger partial charge < -0.3 is 4.90 Å². The number of amides is 1. The molecule has 1 saturated heterocycles. The lowest BCUT2D eigenvalue weighted by atomic mass is 9.98. The maximum Gasteiger partial charge on any atom is 0.222 e. The highest BCUT2D eigenvalue weighted by molar-refractivity contribution is 9.09. The molecule has 80 valence electrons. The molecule has 2 rings (SSSR count). The first-order valence-corrected chi connectivity index (χ1v) is 6.50. The van der Waals surface area contributed by atoms with Gasteiger partial charge in [-0.1, -0.05) is 22.9 Å². The number of halogens is 1. The summed E-state index contributed by atoms with van der Waals surface area (Å²) in [4.78, 5) is 14.3. The molecule has 0 aromatic carbocycles. The van der Waals surface area contributed by atoms with Gasteiger partial charge in [0.25, 0.3) is 0 Å². The molecule has 0 N–H and O–H groups in total. The first-order valence-electron chi connectivity index (χ1n) is 5.58. The molecule has 3 heteroatoms. The van der Waals surface area contributed by atoms with Crippen molar-refractivity contribution < 1.29 is 4.79 Å². The van der Waals surface area contributed by atoms with Crippen molar-refractivity contribution in [1.82, 2.24) is 4.90 Å². The number of hydrogen-bond donors (Lipinski definition) is 0. The molecule has 2 unspecified atom stereocenters. The van der Waals surface area contributed by atoms with Crippen molar-refractivity contribution in [2.75, 3.05) is 13.1 Å². The molecule has 2 atom stereocenters. The number of carbonyl (C=O) groups is 1. The smallest absolute Gasteiger partial charge is 0.222 e. The Hall–Kier alpha value is -0.0500. The van der Waals surface area contributed by atoms with Crippen LogP contribution in [0.5, 0.6) is 0 Å². The first-order chi connectivity index (χ1) is 6.66. The fraction of sp³-hybridized carbons (Fsp3) is 0.909. The van der Waals surface area contributed by atoms with Crippen molar-refractivity contribution >= 4 is 21.8 Å². The minimum absolute atomic E-state index is 0.379. The average Bonchev–Trinajstić information content (AvgIpc) is 2.93. The van der Waals surface area contributed by atoms with E-state index in [1.165, 1.54) is 12.8 Å². The molecule has 1 heterocycles. The summed E-state index contributed by atoms with van der Waals surface area (Å²) in [6.45, 7) is 4.13. The summed E-state index contributed by atoms with van der Waals surface area (Å²) in [6, 6.07) is 0. The molecule has 0 radical (unpaired) electrons. The van der Waals surface area contributed by atoms with Crippen molar-refractivity contribution in [2.45, 2.75) is 37.4 Å². The van der Waals surface area contributed by atoms with Crippen LogP contribution in [0.15, 0.2) is 0 Å². The summed E-state index contributed by atoms with van der Waals surface area (Å²) >= 11 is 3.65. The van der Waals surface area contributed by atoms with Crippen molar-refractivity contribution in [1.29, 1.82) is 0 Å². The van der Waals surface area contributed by atoms with Crippen LogP contribution in [0.1, 0.15) is 32.6 Å². The second kappa shape index (κ2) is 4.21. The van der Waals surface area contributed by atoms with E-state index in [1.54, 1.807) is 0 Å². The number of rotatable bonds is 2. The second-order valence-corrected chi connectivity index (χ2v) is 5.95. The van der Waals surface area contributed by atoms with Gasteiger partial charge in [0.05, 0.1) is 0 Å². The highest BCUT2D eigenvalue weighted by Crippen LogP contribution is 2.33. The normalized spacial score (nSPS) is 33.1. The van der Waals surface area contributed by atoms with E-state index in [2.05, 4.69) is 22.9 Å². The van der Waals surface area contributed by atoms with E-state index >= 15 is 0 Å². The molecule has 0 aromatic rings. The van der Waals surface area contributed by atoms with Crippen LogP contribution in [0.3, 0.4) is 0 Å². The lowest BCUT2D eigenvalue weighted by Crippen LogP contribution is -2.43. The van der Waals surface area contributed by atoms with Crippen LogP contribution < -0.4 is 0 Å². The van der Waals surface area contributed by atoms with Gasteiger partial charge in [-0.15, -0.1) is 0 Å². The zero-order valence-electron chi connectivity index (χ0n) is 8.71. The van der Waals surface area contributed by atoms with Crippen LogP contribution in [-0.2, 0) is 4.79 Å². The predicted octanol–water partition coefficient (Wildman–Crippen LogP) is 2.42. The van der Waals surface area contributed by atoms with E-state index in [4.69, 9.17) is 0 Å². The first kappa shape index (κ1) is 10.5. The van der Waals surface area contributed by atoms with Crippen LogP contribution in [0.4, 0.5) is 0 Å². The van der Waals surface area contributed by atoms with Gasteiger partial charge in [0.2, 0.25) is 5.91 Å². The van der Waals surface area contributed by atoms with E-state index in [0.717, 1.165) is 31.8 Å². The Morgan fingerprint density at radius 1 is 1.43 bits per heavy atom. The van der Waals surface area contributed by atoms with Gasteiger partial charge in [-0.3, -0.25) is 4.79 Å². The fourth-order valence-corrected chi connectivity index (χ4v) is 2.56. The van der Waals surface area contributed by atoms with E-state index in [1.807, 2.05) is 4.90 Å². The van der Waals surface area contributed by atoms with E-state index in [0.29, 0.717) is 16.7 Å². The van der Waals surface area contributed by atoms with Gasteiger partial charge in [0, 0.05) is 24.3 Å². The van der Waals surface area contributed by atoms with Gasteiger partial charge >= 0.3 is 0 Å². The summed E-state index contributed by atoms with van der Waals surface area (Å²) in [5.74, 6) is 1.81. The van der Waals surface area contributed by atoms with Crippen LogP contribution in [0, 0.1) is 11.8 Å². The molecule has 0 bridgehead atoms. The molecule has 14 heavy (non-hydrogen) atoms. The van der Waals surface area contributed by atoms with Crippen molar-refractivity contribution in [3.8, 4) is 0 Å². The summed E-state index contributed by atoms with van der Waals surface area (Å²) in [5.41, 5.74) is 0. The summed E-state index contributed by atoms with van der Waals surface area (Å²) in [6.07, 6.45) is 4.49. The topological polar surface area (TPSA) is 20.3 Å². The molecule has 0 spiro atoms. The van der Waals surface area contributed by atoms with Crippen molar-refractivity contribution in [3.05, 3.63) is 0 Å². The third-order valence-corrected chi connectivity index (χ3v) is 4.57. The van der Waals surface area contributed by atoms with E-state index in [9.17, 15) is 4.79 Å². The largest absolute Gasteiger partial charge is 0.342 e. The van der Waals surface area contributed by atoms with E-state index in [-0.39, 0.29) is 0 Å². The molecule has 2 aliphatic rings. The SMILES string of the molecule is CC1CCN(C(=O)CC2CC2)CC1Br. The summed E-state index contributed by atoms with van der Waals surface area (Å²) in [5, 5.41) is 0.